The van der Waals surface area contributed by atoms with Crippen molar-refractivity contribution in [3.8, 4) is 0 Å². The van der Waals surface area contributed by atoms with Crippen molar-refractivity contribution in [1.82, 2.24) is 0 Å². The molecule has 0 spiro atoms. The lowest BCUT2D eigenvalue weighted by molar-refractivity contribution is -0.385. The summed E-state index contributed by atoms with van der Waals surface area (Å²) in [6.07, 6.45) is 0. The highest BCUT2D eigenvalue weighted by molar-refractivity contribution is 7.97. The SMILES string of the molecule is O=[N+]([O-])c1ccc([S+](c2cccc([N+](=O)[O-])c2)c2cccc([N+](=O)[O-])c2)cc1. The van der Waals surface area contributed by atoms with Crippen LogP contribution in [0.2, 0.25) is 0 Å². The van der Waals surface area contributed by atoms with Gasteiger partial charge in [-0.25, -0.2) is 0 Å². The minimum Gasteiger partial charge on any atom is -0.258 e. The van der Waals surface area contributed by atoms with Crippen LogP contribution < -0.4 is 0 Å². The molecule has 0 saturated heterocycles. The Kier molecular flexibility index (Phi) is 5.32. The van der Waals surface area contributed by atoms with E-state index >= 15 is 0 Å². The van der Waals surface area contributed by atoms with E-state index in [1.807, 2.05) is 0 Å². The normalized spacial score (nSPS) is 10.6. The fraction of sp³-hybridized carbons (Fsp3) is 0. The predicted molar refractivity (Wildman–Crippen MR) is 101 cm³/mol. The van der Waals surface area contributed by atoms with Crippen LogP contribution in [0.25, 0.3) is 0 Å². The third-order valence-corrected chi connectivity index (χ3v) is 6.01. The van der Waals surface area contributed by atoms with Crippen molar-refractivity contribution in [1.29, 1.82) is 0 Å². The Balaban J connectivity index is 2.17. The van der Waals surface area contributed by atoms with Crippen LogP contribution in [-0.4, -0.2) is 14.8 Å². The Labute approximate surface area is 161 Å². The van der Waals surface area contributed by atoms with E-state index in [0.717, 1.165) is 0 Å². The maximum absolute atomic E-state index is 11.2. The van der Waals surface area contributed by atoms with Crippen molar-refractivity contribution in [2.75, 3.05) is 0 Å². The molecule has 3 aromatic carbocycles. The number of benzene rings is 3. The topological polar surface area (TPSA) is 129 Å². The van der Waals surface area contributed by atoms with Crippen molar-refractivity contribution in [3.05, 3.63) is 103 Å². The molecule has 0 N–H and O–H groups in total. The summed E-state index contributed by atoms with van der Waals surface area (Å²) in [4.78, 5) is 33.5. The Hall–Kier alpha value is -3.79. The summed E-state index contributed by atoms with van der Waals surface area (Å²) in [6.45, 7) is 0. The minimum atomic E-state index is -0.921. The van der Waals surface area contributed by atoms with Crippen LogP contribution in [0.15, 0.2) is 87.5 Å². The average Bonchev–Trinajstić information content (AvgIpc) is 2.69. The van der Waals surface area contributed by atoms with Crippen LogP contribution >= 0.6 is 0 Å². The van der Waals surface area contributed by atoms with Gasteiger partial charge in [0.25, 0.3) is 17.1 Å². The lowest BCUT2D eigenvalue weighted by atomic mass is 10.3. The summed E-state index contributed by atoms with van der Waals surface area (Å²) in [6, 6.07) is 17.8. The lowest BCUT2D eigenvalue weighted by Crippen LogP contribution is -2.06. The van der Waals surface area contributed by atoms with Crippen molar-refractivity contribution in [3.63, 3.8) is 0 Å². The molecule has 0 fully saturated rings. The molecule has 0 atom stereocenters. The zero-order chi connectivity index (χ0) is 20.3. The van der Waals surface area contributed by atoms with Gasteiger partial charge in [0.2, 0.25) is 0 Å². The third kappa shape index (κ3) is 3.96. The molecule has 10 heteroatoms. The molecule has 0 radical (unpaired) electrons. The van der Waals surface area contributed by atoms with Gasteiger partial charge in [0.05, 0.1) is 37.8 Å². The van der Waals surface area contributed by atoms with Crippen LogP contribution in [0.5, 0.6) is 0 Å². The summed E-state index contributed by atoms with van der Waals surface area (Å²) in [5.41, 5.74) is -0.310. The molecule has 140 valence electrons. The van der Waals surface area contributed by atoms with Gasteiger partial charge in [-0.2, -0.15) is 0 Å². The fourth-order valence-corrected chi connectivity index (χ4v) is 4.69. The van der Waals surface area contributed by atoms with E-state index in [0.29, 0.717) is 14.7 Å². The van der Waals surface area contributed by atoms with Crippen LogP contribution in [0, 0.1) is 30.3 Å². The molecule has 3 rings (SSSR count). The molecule has 0 aliphatic carbocycles. The van der Waals surface area contributed by atoms with E-state index in [-0.39, 0.29) is 17.1 Å². The first-order chi connectivity index (χ1) is 13.4. The summed E-state index contributed by atoms with van der Waals surface area (Å²) in [5.74, 6) is 0. The van der Waals surface area contributed by atoms with Crippen molar-refractivity contribution >= 4 is 28.0 Å². The highest BCUT2D eigenvalue weighted by Crippen LogP contribution is 2.35. The molecule has 0 aliphatic rings. The fourth-order valence-electron chi connectivity index (χ4n) is 2.56. The van der Waals surface area contributed by atoms with Gasteiger partial charge in [-0.05, 0) is 12.1 Å². The number of nitrogens with zero attached hydrogens (tertiary/aromatic N) is 3. The van der Waals surface area contributed by atoms with E-state index in [1.165, 1.54) is 48.5 Å². The smallest absolute Gasteiger partial charge is 0.258 e. The number of nitro benzene ring substituents is 3. The molecule has 0 heterocycles. The Bertz CT molecular complexity index is 1010. The quantitative estimate of drug-likeness (QED) is 0.341. The lowest BCUT2D eigenvalue weighted by Gasteiger charge is -2.08. The molecular formula is C18H12N3O6S+. The second kappa shape index (κ2) is 7.84. The van der Waals surface area contributed by atoms with Gasteiger partial charge in [0, 0.05) is 36.4 Å². The van der Waals surface area contributed by atoms with Crippen LogP contribution in [-0.2, 0) is 10.9 Å². The van der Waals surface area contributed by atoms with E-state index in [1.54, 1.807) is 24.3 Å². The van der Waals surface area contributed by atoms with Gasteiger partial charge in [0.15, 0.2) is 14.7 Å². The van der Waals surface area contributed by atoms with Gasteiger partial charge in [-0.15, -0.1) is 0 Å². The minimum absolute atomic E-state index is 0.0922. The monoisotopic (exact) mass is 398 g/mol. The Morgan fingerprint density at radius 1 is 0.536 bits per heavy atom. The van der Waals surface area contributed by atoms with Gasteiger partial charge in [-0.1, -0.05) is 12.1 Å². The predicted octanol–water partition coefficient (Wildman–Crippen LogP) is 4.51. The van der Waals surface area contributed by atoms with E-state index in [9.17, 15) is 30.3 Å². The molecule has 9 nitrogen and oxygen atoms in total. The second-order valence-electron chi connectivity index (χ2n) is 5.57. The first-order valence-electron chi connectivity index (χ1n) is 7.84. The Morgan fingerprint density at radius 2 is 0.964 bits per heavy atom. The number of hydrogen-bond acceptors (Lipinski definition) is 6. The molecule has 0 bridgehead atoms. The highest BCUT2D eigenvalue weighted by atomic mass is 32.2. The number of hydrogen-bond donors (Lipinski definition) is 0. The van der Waals surface area contributed by atoms with Crippen LogP contribution in [0.4, 0.5) is 17.1 Å². The summed E-state index contributed by atoms with van der Waals surface area (Å²) in [5, 5.41) is 33.2. The average molecular weight is 398 g/mol. The number of rotatable bonds is 6. The highest BCUT2D eigenvalue weighted by Gasteiger charge is 2.32. The molecule has 0 unspecified atom stereocenters. The molecule has 0 saturated carbocycles. The first kappa shape index (κ1) is 19.0. The molecule has 3 aromatic rings. The first-order valence-corrected chi connectivity index (χ1v) is 9.07. The standard InChI is InChI=1S/C18H12N3O6S/c22-19(23)13-7-9-16(10-8-13)28(17-5-1-3-14(11-17)20(24)25)18-6-2-4-15(12-18)21(26)27/h1-12H/q+1. The molecule has 0 aromatic heterocycles. The van der Waals surface area contributed by atoms with Crippen molar-refractivity contribution in [2.45, 2.75) is 14.7 Å². The van der Waals surface area contributed by atoms with Crippen molar-refractivity contribution < 1.29 is 14.8 Å². The maximum atomic E-state index is 11.2. The van der Waals surface area contributed by atoms with E-state index in [2.05, 4.69) is 0 Å². The molecule has 28 heavy (non-hydrogen) atoms. The molecular weight excluding hydrogens is 386 g/mol. The Morgan fingerprint density at radius 3 is 1.36 bits per heavy atom. The number of nitro groups is 3. The largest absolute Gasteiger partial charge is 0.274 e. The summed E-state index contributed by atoms with van der Waals surface area (Å²) in [7, 11) is -0.921. The zero-order valence-corrected chi connectivity index (χ0v) is 14.9. The molecule has 0 amide bonds. The van der Waals surface area contributed by atoms with E-state index in [4.69, 9.17) is 0 Å². The zero-order valence-electron chi connectivity index (χ0n) is 14.1. The van der Waals surface area contributed by atoms with Gasteiger partial charge in [0.1, 0.15) is 0 Å². The number of non-ortho nitro benzene ring substituents is 3. The third-order valence-electron chi connectivity index (χ3n) is 3.81. The van der Waals surface area contributed by atoms with Gasteiger partial charge >= 0.3 is 0 Å². The van der Waals surface area contributed by atoms with Crippen LogP contribution in [0.1, 0.15) is 0 Å². The maximum Gasteiger partial charge on any atom is 0.274 e. The second-order valence-corrected chi connectivity index (χ2v) is 7.59. The summed E-state index contributed by atoms with van der Waals surface area (Å²) >= 11 is 0. The van der Waals surface area contributed by atoms with Gasteiger partial charge < -0.3 is 0 Å². The van der Waals surface area contributed by atoms with Crippen molar-refractivity contribution in [2.24, 2.45) is 0 Å². The van der Waals surface area contributed by atoms with Gasteiger partial charge in [-0.3, -0.25) is 30.3 Å². The van der Waals surface area contributed by atoms with Crippen LogP contribution in [0.3, 0.4) is 0 Å². The van der Waals surface area contributed by atoms with E-state index < -0.39 is 25.7 Å². The molecule has 0 aliphatic heterocycles. The summed E-state index contributed by atoms with van der Waals surface area (Å²) < 4.78 is 0.